The van der Waals surface area contributed by atoms with Crippen LogP contribution in [0.5, 0.6) is 0 Å². The van der Waals surface area contributed by atoms with Crippen LogP contribution in [0.2, 0.25) is 10.2 Å². The molecular weight excluding hydrogens is 485 g/mol. The molecule has 9 heteroatoms. The number of anilines is 2. The molecule has 2 aliphatic rings. The summed E-state index contributed by atoms with van der Waals surface area (Å²) >= 11 is 13.1. The average Bonchev–Trinajstić information content (AvgIpc) is 2.89. The summed E-state index contributed by atoms with van der Waals surface area (Å²) in [6, 6.07) is 5.02. The molecule has 7 nitrogen and oxygen atoms in total. The quantitative estimate of drug-likeness (QED) is 0.394. The van der Waals surface area contributed by atoms with Gasteiger partial charge in [0.25, 0.3) is 0 Å². The van der Waals surface area contributed by atoms with E-state index in [4.69, 9.17) is 32.7 Å². The summed E-state index contributed by atoms with van der Waals surface area (Å²) in [5.41, 5.74) is 2.58. The molecule has 0 radical (unpaired) electrons. The van der Waals surface area contributed by atoms with Crippen LogP contribution in [-0.4, -0.2) is 74.0 Å². The molecular formula is C26H37Cl2N5O2. The Bertz CT molecular complexity index is 949. The zero-order valence-electron chi connectivity index (χ0n) is 20.7. The standard InChI is InChI=1S/C26H37Cl2N5O2/c1-33(9-12-34-2)21-5-3-19(4-6-21)32-25-14-22(24(27)17-30-25)23-13-20(16-31-26(23)28)29-15-18-7-10-35-11-8-18/h13-14,16-19,21,29H,3-12,15H2,1-2H3,(H,30,32). The van der Waals surface area contributed by atoms with Crippen LogP contribution in [0.15, 0.2) is 24.5 Å². The number of methoxy groups -OCH3 is 1. The van der Waals surface area contributed by atoms with Gasteiger partial charge >= 0.3 is 0 Å². The van der Waals surface area contributed by atoms with Gasteiger partial charge in [-0.15, -0.1) is 0 Å². The van der Waals surface area contributed by atoms with Gasteiger partial charge in [0.05, 0.1) is 23.5 Å². The molecule has 192 valence electrons. The molecule has 4 rings (SSSR count). The van der Waals surface area contributed by atoms with Crippen LogP contribution in [0.4, 0.5) is 11.5 Å². The fourth-order valence-corrected chi connectivity index (χ4v) is 5.37. The summed E-state index contributed by atoms with van der Waals surface area (Å²) in [5, 5.41) is 8.12. The topological polar surface area (TPSA) is 71.5 Å². The fourth-order valence-electron chi connectivity index (χ4n) is 4.96. The second-order valence-corrected chi connectivity index (χ2v) is 10.4. The number of hydrogen-bond acceptors (Lipinski definition) is 7. The van der Waals surface area contributed by atoms with E-state index < -0.39 is 0 Å². The molecule has 1 aliphatic heterocycles. The summed E-state index contributed by atoms with van der Waals surface area (Å²) in [7, 11) is 3.94. The number of halogens is 2. The van der Waals surface area contributed by atoms with E-state index in [0.29, 0.717) is 28.2 Å². The molecule has 1 aliphatic carbocycles. The third-order valence-electron chi connectivity index (χ3n) is 7.24. The van der Waals surface area contributed by atoms with Gasteiger partial charge in [0.2, 0.25) is 0 Å². The largest absolute Gasteiger partial charge is 0.384 e. The third kappa shape index (κ3) is 7.43. The van der Waals surface area contributed by atoms with E-state index in [1.54, 1.807) is 19.5 Å². The number of ether oxygens (including phenoxy) is 2. The van der Waals surface area contributed by atoms with Gasteiger partial charge in [0.15, 0.2) is 0 Å². The highest BCUT2D eigenvalue weighted by molar-refractivity contribution is 6.36. The second kappa shape index (κ2) is 13.1. The van der Waals surface area contributed by atoms with Crippen LogP contribution < -0.4 is 10.6 Å². The van der Waals surface area contributed by atoms with Gasteiger partial charge in [0, 0.05) is 62.8 Å². The Kier molecular flexibility index (Phi) is 9.86. The molecule has 1 saturated carbocycles. The fraction of sp³-hybridized carbons (Fsp3) is 0.615. The van der Waals surface area contributed by atoms with Crippen molar-refractivity contribution in [2.24, 2.45) is 5.92 Å². The van der Waals surface area contributed by atoms with E-state index in [1.807, 2.05) is 12.1 Å². The lowest BCUT2D eigenvalue weighted by Crippen LogP contribution is -2.39. The van der Waals surface area contributed by atoms with Gasteiger partial charge in [-0.3, -0.25) is 0 Å². The molecule has 0 aromatic carbocycles. The molecule has 2 aromatic rings. The molecule has 3 heterocycles. The third-order valence-corrected chi connectivity index (χ3v) is 7.84. The van der Waals surface area contributed by atoms with E-state index in [9.17, 15) is 0 Å². The molecule has 0 spiro atoms. The zero-order valence-corrected chi connectivity index (χ0v) is 22.2. The minimum absolute atomic E-state index is 0.393. The van der Waals surface area contributed by atoms with Crippen LogP contribution in [-0.2, 0) is 9.47 Å². The number of rotatable bonds is 10. The van der Waals surface area contributed by atoms with E-state index in [1.165, 1.54) is 0 Å². The van der Waals surface area contributed by atoms with E-state index >= 15 is 0 Å². The normalized spacial score (nSPS) is 21.3. The van der Waals surface area contributed by atoms with Crippen molar-refractivity contribution in [3.8, 4) is 11.1 Å². The van der Waals surface area contributed by atoms with E-state index in [2.05, 4.69) is 32.5 Å². The first-order valence-corrected chi connectivity index (χ1v) is 13.4. The van der Waals surface area contributed by atoms with Crippen molar-refractivity contribution in [3.05, 3.63) is 34.7 Å². The predicted molar refractivity (Wildman–Crippen MR) is 144 cm³/mol. The van der Waals surface area contributed by atoms with Crippen LogP contribution in [0, 0.1) is 5.92 Å². The van der Waals surface area contributed by atoms with Gasteiger partial charge in [-0.05, 0) is 63.6 Å². The molecule has 2 N–H and O–H groups in total. The molecule has 0 unspecified atom stereocenters. The monoisotopic (exact) mass is 521 g/mol. The maximum Gasteiger partial charge on any atom is 0.137 e. The van der Waals surface area contributed by atoms with Crippen molar-refractivity contribution >= 4 is 34.7 Å². The first-order chi connectivity index (χ1) is 17.0. The smallest absolute Gasteiger partial charge is 0.137 e. The Balaban J connectivity index is 1.39. The maximum atomic E-state index is 6.57. The molecule has 35 heavy (non-hydrogen) atoms. The number of aromatic nitrogens is 2. The van der Waals surface area contributed by atoms with Crippen molar-refractivity contribution in [2.75, 3.05) is 57.7 Å². The summed E-state index contributed by atoms with van der Waals surface area (Å²) in [5.74, 6) is 1.43. The van der Waals surface area contributed by atoms with Crippen molar-refractivity contribution in [1.82, 2.24) is 14.9 Å². The van der Waals surface area contributed by atoms with Gasteiger partial charge < -0.3 is 25.0 Å². The Hall–Kier alpha value is -1.64. The van der Waals surface area contributed by atoms with E-state index in [-0.39, 0.29) is 0 Å². The summed E-state index contributed by atoms with van der Waals surface area (Å²) in [6.45, 7) is 4.32. The highest BCUT2D eigenvalue weighted by Gasteiger charge is 2.24. The number of nitrogens with one attached hydrogen (secondary N) is 2. The van der Waals surface area contributed by atoms with Crippen molar-refractivity contribution in [3.63, 3.8) is 0 Å². The molecule has 1 saturated heterocycles. The first kappa shape index (κ1) is 26.4. The lowest BCUT2D eigenvalue weighted by atomic mass is 9.90. The number of pyridine rings is 2. The highest BCUT2D eigenvalue weighted by Crippen LogP contribution is 2.35. The molecule has 0 bridgehead atoms. The Morgan fingerprint density at radius 2 is 1.80 bits per heavy atom. The zero-order chi connectivity index (χ0) is 24.6. The molecule has 0 atom stereocenters. The Morgan fingerprint density at radius 1 is 1.03 bits per heavy atom. The Labute approximate surface area is 218 Å². The minimum atomic E-state index is 0.393. The van der Waals surface area contributed by atoms with Crippen LogP contribution in [0.25, 0.3) is 11.1 Å². The van der Waals surface area contributed by atoms with Crippen molar-refractivity contribution in [1.29, 1.82) is 0 Å². The molecule has 2 fully saturated rings. The van der Waals surface area contributed by atoms with Crippen LogP contribution >= 0.6 is 23.2 Å². The van der Waals surface area contributed by atoms with E-state index in [0.717, 1.165) is 94.1 Å². The van der Waals surface area contributed by atoms with Crippen molar-refractivity contribution < 1.29 is 9.47 Å². The van der Waals surface area contributed by atoms with Gasteiger partial charge in [-0.1, -0.05) is 23.2 Å². The lowest BCUT2D eigenvalue weighted by molar-refractivity contribution is 0.0699. The number of hydrogen-bond donors (Lipinski definition) is 2. The maximum absolute atomic E-state index is 6.57. The Morgan fingerprint density at radius 3 is 2.54 bits per heavy atom. The minimum Gasteiger partial charge on any atom is -0.384 e. The first-order valence-electron chi connectivity index (χ1n) is 12.6. The molecule has 2 aromatic heterocycles. The van der Waals surface area contributed by atoms with Crippen molar-refractivity contribution in [2.45, 2.75) is 50.6 Å². The molecule has 0 amide bonds. The average molecular weight is 523 g/mol. The summed E-state index contributed by atoms with van der Waals surface area (Å²) in [6.07, 6.45) is 10.2. The summed E-state index contributed by atoms with van der Waals surface area (Å²) in [4.78, 5) is 11.4. The van der Waals surface area contributed by atoms with Crippen LogP contribution in [0.1, 0.15) is 38.5 Å². The van der Waals surface area contributed by atoms with Crippen LogP contribution in [0.3, 0.4) is 0 Å². The van der Waals surface area contributed by atoms with Gasteiger partial charge in [-0.2, -0.15) is 0 Å². The van der Waals surface area contributed by atoms with Gasteiger partial charge in [0.1, 0.15) is 11.0 Å². The lowest BCUT2D eigenvalue weighted by Gasteiger charge is -2.35. The van der Waals surface area contributed by atoms with Gasteiger partial charge in [-0.25, -0.2) is 9.97 Å². The second-order valence-electron chi connectivity index (χ2n) is 9.67. The predicted octanol–water partition coefficient (Wildman–Crippen LogP) is 5.59. The number of nitrogens with zero attached hydrogens (tertiary/aromatic N) is 3. The highest BCUT2D eigenvalue weighted by atomic mass is 35.5. The SMILES string of the molecule is COCCN(C)C1CCC(Nc2cc(-c3cc(NCC4CCOCC4)cnc3Cl)c(Cl)cn2)CC1. The number of likely N-dealkylation sites (N-methyl/N-ethyl adjacent to an activating group) is 1. The summed E-state index contributed by atoms with van der Waals surface area (Å²) < 4.78 is 10.7.